The predicted molar refractivity (Wildman–Crippen MR) is 170 cm³/mol. The predicted octanol–water partition coefficient (Wildman–Crippen LogP) is 9.86. The molecule has 7 rings (SSSR count). The molecule has 4 unspecified atom stereocenters. The van der Waals surface area contributed by atoms with Gasteiger partial charge in [-0.1, -0.05) is 114 Å². The molecule has 2 aliphatic heterocycles. The van der Waals surface area contributed by atoms with Gasteiger partial charge in [0.2, 0.25) is 0 Å². The summed E-state index contributed by atoms with van der Waals surface area (Å²) in [4.78, 5) is 5.11. The maximum absolute atomic E-state index is 2.60. The van der Waals surface area contributed by atoms with Crippen LogP contribution >= 0.6 is 0 Å². The third-order valence-electron chi connectivity index (χ3n) is 9.22. The Morgan fingerprint density at radius 2 is 1.23 bits per heavy atom. The minimum absolute atomic E-state index is 0.114. The molecular weight excluding hydrogens is 484 g/mol. The summed E-state index contributed by atoms with van der Waals surface area (Å²) in [5.74, 6) is 0.687. The molecule has 4 aliphatic rings. The summed E-state index contributed by atoms with van der Waals surface area (Å²) in [6, 6.07) is 25.8. The highest BCUT2D eigenvalue weighted by molar-refractivity contribution is 5.82. The Labute approximate surface area is 240 Å². The lowest BCUT2D eigenvalue weighted by Gasteiger charge is -2.32. The van der Waals surface area contributed by atoms with Crippen LogP contribution in [0.5, 0.6) is 0 Å². The molecule has 4 atom stereocenters. The summed E-state index contributed by atoms with van der Waals surface area (Å²) in [5, 5.41) is 0. The molecule has 0 radical (unpaired) electrons. The fourth-order valence-corrected chi connectivity index (χ4v) is 7.04. The maximum Gasteiger partial charge on any atom is 0.0629 e. The summed E-state index contributed by atoms with van der Waals surface area (Å²) in [5.41, 5.74) is 11.1. The molecule has 2 heterocycles. The van der Waals surface area contributed by atoms with Crippen molar-refractivity contribution in [1.82, 2.24) is 0 Å². The van der Waals surface area contributed by atoms with E-state index in [1.165, 1.54) is 45.0 Å². The van der Waals surface area contributed by atoms with Crippen LogP contribution in [0.4, 0.5) is 22.7 Å². The first-order chi connectivity index (χ1) is 19.1. The molecule has 0 saturated carbocycles. The highest BCUT2D eigenvalue weighted by atomic mass is 15.2. The molecule has 2 heteroatoms. The lowest BCUT2D eigenvalue weighted by Crippen LogP contribution is -2.30. The summed E-state index contributed by atoms with van der Waals surface area (Å²) in [7, 11) is 0. The van der Waals surface area contributed by atoms with E-state index >= 15 is 0 Å². The third kappa shape index (κ3) is 3.91. The van der Waals surface area contributed by atoms with Crippen molar-refractivity contribution >= 4 is 22.7 Å². The average Bonchev–Trinajstić information content (AvgIpc) is 3.44. The zero-order valence-corrected chi connectivity index (χ0v) is 24.6. The zero-order chi connectivity index (χ0) is 27.8. The number of hydrogen-bond donors (Lipinski definition) is 0. The smallest absolute Gasteiger partial charge is 0.0629 e. The first kappa shape index (κ1) is 25.2. The minimum atomic E-state index is 0.114. The monoisotopic (exact) mass is 524 g/mol. The Kier molecular flexibility index (Phi) is 5.58. The maximum atomic E-state index is 2.60. The Bertz CT molecular complexity index is 1590. The fourth-order valence-electron chi connectivity index (χ4n) is 7.04. The molecule has 2 aliphatic carbocycles. The van der Waals surface area contributed by atoms with Crippen LogP contribution in [0.2, 0.25) is 0 Å². The van der Waals surface area contributed by atoms with Gasteiger partial charge in [0.05, 0.1) is 12.1 Å². The van der Waals surface area contributed by atoms with Crippen LogP contribution in [0, 0.1) is 5.41 Å². The molecule has 3 aromatic rings. The molecule has 0 spiro atoms. The second kappa shape index (κ2) is 8.86. The topological polar surface area (TPSA) is 6.48 Å². The Morgan fingerprint density at radius 1 is 0.575 bits per heavy atom. The molecule has 3 aromatic carbocycles. The summed E-state index contributed by atoms with van der Waals surface area (Å²) < 4.78 is 0. The standard InChI is InChI=1S/C38H40N2/c1-37(2,3)25-16-19-34-30(22-25)31-23-26(38(4,5)6)17-20-35(31)40(34)28-18-21-36-32(24-28)29-14-10-11-15-33(29)39(36)27-12-8-7-9-13-27/h7-24,29-30,33-34H,1-6H3. The normalized spacial score (nSPS) is 24.5. The van der Waals surface area contributed by atoms with Crippen LogP contribution < -0.4 is 9.80 Å². The van der Waals surface area contributed by atoms with Gasteiger partial charge >= 0.3 is 0 Å². The molecule has 0 N–H and O–H groups in total. The SMILES string of the molecule is CC(C)(C)C1=CC2c3cc(C(C)(C)C)ccc3N(c3ccc4c(c3)C3C=CC=CC3N4c3ccccc3)C2C=C1. The second-order valence-electron chi connectivity index (χ2n) is 13.9. The number of benzene rings is 3. The first-order valence-corrected chi connectivity index (χ1v) is 14.8. The molecule has 0 aromatic heterocycles. The Balaban J connectivity index is 1.36. The largest absolute Gasteiger partial charge is 0.333 e. The number of para-hydroxylation sites is 1. The van der Waals surface area contributed by atoms with Crippen LogP contribution in [0.15, 0.2) is 115 Å². The minimum Gasteiger partial charge on any atom is -0.333 e. The van der Waals surface area contributed by atoms with Crippen LogP contribution in [0.3, 0.4) is 0 Å². The highest BCUT2D eigenvalue weighted by Gasteiger charge is 2.42. The molecule has 0 amide bonds. The van der Waals surface area contributed by atoms with Gasteiger partial charge in [-0.25, -0.2) is 0 Å². The van der Waals surface area contributed by atoms with Crippen molar-refractivity contribution in [3.63, 3.8) is 0 Å². The fraction of sp³-hybridized carbons (Fsp3) is 0.316. The van der Waals surface area contributed by atoms with Gasteiger partial charge in [0.15, 0.2) is 0 Å². The van der Waals surface area contributed by atoms with E-state index in [-0.39, 0.29) is 16.9 Å². The van der Waals surface area contributed by atoms with Gasteiger partial charge in [-0.3, -0.25) is 0 Å². The molecule has 0 saturated heterocycles. The molecule has 0 bridgehead atoms. The Hall–Kier alpha value is -3.78. The molecular formula is C38H40N2. The number of fused-ring (bicyclic) bond motifs is 6. The lowest BCUT2D eigenvalue weighted by molar-refractivity contribution is 0.507. The molecule has 40 heavy (non-hydrogen) atoms. The van der Waals surface area contributed by atoms with Crippen molar-refractivity contribution in [2.45, 2.75) is 70.9 Å². The highest BCUT2D eigenvalue weighted by Crippen LogP contribution is 2.53. The number of hydrogen-bond acceptors (Lipinski definition) is 2. The number of anilines is 4. The quantitative estimate of drug-likeness (QED) is 0.329. The van der Waals surface area contributed by atoms with E-state index < -0.39 is 0 Å². The van der Waals surface area contributed by atoms with Crippen molar-refractivity contribution in [1.29, 1.82) is 0 Å². The van der Waals surface area contributed by atoms with Crippen molar-refractivity contribution in [2.75, 3.05) is 9.80 Å². The van der Waals surface area contributed by atoms with E-state index in [1.54, 1.807) is 0 Å². The molecule has 202 valence electrons. The zero-order valence-electron chi connectivity index (χ0n) is 24.6. The van der Waals surface area contributed by atoms with Crippen LogP contribution in [0.25, 0.3) is 0 Å². The van der Waals surface area contributed by atoms with Crippen molar-refractivity contribution in [2.24, 2.45) is 5.41 Å². The van der Waals surface area contributed by atoms with Crippen molar-refractivity contribution < 1.29 is 0 Å². The van der Waals surface area contributed by atoms with E-state index in [0.29, 0.717) is 17.9 Å². The molecule has 2 nitrogen and oxygen atoms in total. The van der Waals surface area contributed by atoms with E-state index in [9.17, 15) is 0 Å². The van der Waals surface area contributed by atoms with Crippen LogP contribution in [0.1, 0.15) is 70.1 Å². The van der Waals surface area contributed by atoms with Crippen molar-refractivity contribution in [3.05, 3.63) is 132 Å². The van der Waals surface area contributed by atoms with E-state index in [1.807, 2.05) is 0 Å². The van der Waals surface area contributed by atoms with Gasteiger partial charge in [-0.05, 0) is 69.5 Å². The second-order valence-corrected chi connectivity index (χ2v) is 13.9. The van der Waals surface area contributed by atoms with Crippen LogP contribution in [-0.4, -0.2) is 12.1 Å². The third-order valence-corrected chi connectivity index (χ3v) is 9.22. The first-order valence-electron chi connectivity index (χ1n) is 14.8. The summed E-state index contributed by atoms with van der Waals surface area (Å²) in [6.45, 7) is 13.9. The number of allylic oxidation sites excluding steroid dienone is 4. The number of nitrogens with zero attached hydrogens (tertiary/aromatic N) is 2. The van der Waals surface area contributed by atoms with E-state index in [2.05, 4.69) is 161 Å². The summed E-state index contributed by atoms with van der Waals surface area (Å²) in [6.07, 6.45) is 16.5. The van der Waals surface area contributed by atoms with E-state index in [4.69, 9.17) is 0 Å². The average molecular weight is 525 g/mol. The van der Waals surface area contributed by atoms with E-state index in [0.717, 1.165) is 0 Å². The molecule has 0 fully saturated rings. The lowest BCUT2D eigenvalue weighted by atomic mass is 9.77. The van der Waals surface area contributed by atoms with Gasteiger partial charge in [-0.15, -0.1) is 0 Å². The Morgan fingerprint density at radius 3 is 1.95 bits per heavy atom. The van der Waals surface area contributed by atoms with Gasteiger partial charge < -0.3 is 9.80 Å². The van der Waals surface area contributed by atoms with Gasteiger partial charge in [-0.2, -0.15) is 0 Å². The van der Waals surface area contributed by atoms with Crippen molar-refractivity contribution in [3.8, 4) is 0 Å². The van der Waals surface area contributed by atoms with Gasteiger partial charge in [0.1, 0.15) is 0 Å². The van der Waals surface area contributed by atoms with Gasteiger partial charge in [0, 0.05) is 34.6 Å². The number of rotatable bonds is 2. The summed E-state index contributed by atoms with van der Waals surface area (Å²) >= 11 is 0. The van der Waals surface area contributed by atoms with Gasteiger partial charge in [0.25, 0.3) is 0 Å². The van der Waals surface area contributed by atoms with Crippen LogP contribution in [-0.2, 0) is 5.41 Å².